The van der Waals surface area contributed by atoms with Gasteiger partial charge < -0.3 is 0 Å². The molecule has 0 aliphatic rings. The molecule has 9 heteroatoms. The number of halogens is 1. The number of hydrogen-bond acceptors (Lipinski definition) is 5. The number of nitrogens with one attached hydrogen (secondary N) is 2. The quantitative estimate of drug-likeness (QED) is 0.280. The van der Waals surface area contributed by atoms with Crippen LogP contribution in [0, 0.1) is 10.1 Å². The average molecular weight is 420 g/mol. The fraction of sp³-hybridized carbons (Fsp3) is 0. The van der Waals surface area contributed by atoms with Crippen molar-refractivity contribution >= 4 is 40.2 Å². The van der Waals surface area contributed by atoms with Gasteiger partial charge in [-0.2, -0.15) is 10.2 Å². The molecule has 148 valence electrons. The summed E-state index contributed by atoms with van der Waals surface area (Å²) in [6, 6.07) is 19.7. The van der Waals surface area contributed by atoms with E-state index in [9.17, 15) is 14.9 Å². The monoisotopic (exact) mass is 419 g/mol. The van der Waals surface area contributed by atoms with Gasteiger partial charge in [-0.1, -0.05) is 54.1 Å². The highest BCUT2D eigenvalue weighted by atomic mass is 35.5. The molecule has 4 rings (SSSR count). The lowest BCUT2D eigenvalue weighted by Crippen LogP contribution is -2.18. The Kier molecular flexibility index (Phi) is 5.23. The number of aromatic nitrogens is 2. The van der Waals surface area contributed by atoms with Gasteiger partial charge in [0.2, 0.25) is 0 Å². The first-order chi connectivity index (χ1) is 14.5. The second-order valence-electron chi connectivity index (χ2n) is 6.40. The second kappa shape index (κ2) is 8.14. The predicted octanol–water partition coefficient (Wildman–Crippen LogP) is 4.56. The molecule has 0 saturated carbocycles. The van der Waals surface area contributed by atoms with Crippen LogP contribution in [0.25, 0.3) is 22.0 Å². The van der Waals surface area contributed by atoms with Gasteiger partial charge in [0.25, 0.3) is 11.6 Å². The van der Waals surface area contributed by atoms with E-state index in [0.717, 1.165) is 16.3 Å². The van der Waals surface area contributed by atoms with E-state index in [-0.39, 0.29) is 16.4 Å². The molecule has 1 amide bonds. The van der Waals surface area contributed by atoms with Gasteiger partial charge in [0.05, 0.1) is 16.8 Å². The SMILES string of the molecule is O=C(N/N=C/c1ccc(Cl)c([N+](=O)[O-])c1)c1cc(-c2ccc3ccccc3c2)n[nH]1. The Labute approximate surface area is 175 Å². The number of amides is 1. The van der Waals surface area contributed by atoms with Crippen molar-refractivity contribution in [2.75, 3.05) is 0 Å². The fourth-order valence-corrected chi connectivity index (χ4v) is 3.10. The maximum Gasteiger partial charge on any atom is 0.289 e. The number of hydrazone groups is 1. The van der Waals surface area contributed by atoms with Crippen molar-refractivity contribution < 1.29 is 9.72 Å². The number of hydrogen-bond donors (Lipinski definition) is 2. The van der Waals surface area contributed by atoms with E-state index in [1.165, 1.54) is 18.3 Å². The molecule has 1 aromatic heterocycles. The van der Waals surface area contributed by atoms with Crippen LogP contribution in [-0.4, -0.2) is 27.2 Å². The normalized spacial score (nSPS) is 11.1. The molecule has 0 atom stereocenters. The Morgan fingerprint density at radius 1 is 1.10 bits per heavy atom. The number of carbonyl (C=O) groups is 1. The van der Waals surface area contributed by atoms with E-state index in [1.54, 1.807) is 12.1 Å². The Bertz CT molecular complexity index is 1300. The number of benzene rings is 3. The number of fused-ring (bicyclic) bond motifs is 1. The third-order valence-corrected chi connectivity index (χ3v) is 4.73. The van der Waals surface area contributed by atoms with Crippen LogP contribution in [0.4, 0.5) is 5.69 Å². The summed E-state index contributed by atoms with van der Waals surface area (Å²) in [6.45, 7) is 0. The largest absolute Gasteiger partial charge is 0.289 e. The van der Waals surface area contributed by atoms with Crippen LogP contribution in [0.15, 0.2) is 71.8 Å². The number of rotatable bonds is 5. The van der Waals surface area contributed by atoms with Crippen molar-refractivity contribution in [3.05, 3.63) is 93.1 Å². The van der Waals surface area contributed by atoms with E-state index in [2.05, 4.69) is 20.7 Å². The van der Waals surface area contributed by atoms with Crippen LogP contribution < -0.4 is 5.43 Å². The first-order valence-electron chi connectivity index (χ1n) is 8.83. The molecular formula is C21H14ClN5O3. The van der Waals surface area contributed by atoms with E-state index >= 15 is 0 Å². The number of nitro benzene ring substituents is 1. The maximum absolute atomic E-state index is 12.3. The van der Waals surface area contributed by atoms with Crippen molar-refractivity contribution in [1.82, 2.24) is 15.6 Å². The van der Waals surface area contributed by atoms with Crippen molar-refractivity contribution in [1.29, 1.82) is 0 Å². The van der Waals surface area contributed by atoms with Gasteiger partial charge in [-0.25, -0.2) is 5.43 Å². The third kappa shape index (κ3) is 4.03. The van der Waals surface area contributed by atoms with Gasteiger partial charge in [-0.05, 0) is 29.0 Å². The molecular weight excluding hydrogens is 406 g/mol. The zero-order valence-electron chi connectivity index (χ0n) is 15.4. The standard InChI is InChI=1S/C21H14ClN5O3/c22-17-8-5-13(9-20(17)27(29)30)12-23-26-21(28)19-11-18(24-25-19)16-7-6-14-3-1-2-4-15(14)10-16/h1-12H,(H,24,25)(H,26,28)/b23-12+. The molecule has 4 aromatic rings. The lowest BCUT2D eigenvalue weighted by atomic mass is 10.1. The highest BCUT2D eigenvalue weighted by Crippen LogP contribution is 2.25. The number of H-pyrrole nitrogens is 1. The summed E-state index contributed by atoms with van der Waals surface area (Å²) in [6.07, 6.45) is 1.29. The summed E-state index contributed by atoms with van der Waals surface area (Å²) < 4.78 is 0. The molecule has 0 radical (unpaired) electrons. The highest BCUT2D eigenvalue weighted by Gasteiger charge is 2.13. The third-order valence-electron chi connectivity index (χ3n) is 4.41. The smallest absolute Gasteiger partial charge is 0.272 e. The van der Waals surface area contributed by atoms with E-state index < -0.39 is 10.8 Å². The van der Waals surface area contributed by atoms with Gasteiger partial charge in [0, 0.05) is 17.2 Å². The summed E-state index contributed by atoms with van der Waals surface area (Å²) in [5, 5.41) is 23.9. The molecule has 2 N–H and O–H groups in total. The zero-order valence-corrected chi connectivity index (χ0v) is 16.1. The first kappa shape index (κ1) is 19.3. The predicted molar refractivity (Wildman–Crippen MR) is 115 cm³/mol. The average Bonchev–Trinajstić information content (AvgIpc) is 3.25. The Morgan fingerprint density at radius 2 is 1.90 bits per heavy atom. The number of aromatic amines is 1. The molecule has 0 fully saturated rings. The van der Waals surface area contributed by atoms with Crippen molar-refractivity contribution in [2.45, 2.75) is 0 Å². The highest BCUT2D eigenvalue weighted by molar-refractivity contribution is 6.32. The summed E-state index contributed by atoms with van der Waals surface area (Å²) in [5.41, 5.74) is 4.29. The molecule has 0 aliphatic carbocycles. The second-order valence-corrected chi connectivity index (χ2v) is 6.80. The summed E-state index contributed by atoms with van der Waals surface area (Å²) in [7, 11) is 0. The molecule has 3 aromatic carbocycles. The van der Waals surface area contributed by atoms with Crippen molar-refractivity contribution in [3.63, 3.8) is 0 Å². The van der Waals surface area contributed by atoms with Gasteiger partial charge in [0.15, 0.2) is 0 Å². The Morgan fingerprint density at radius 3 is 2.70 bits per heavy atom. The lowest BCUT2D eigenvalue weighted by Gasteiger charge is -2.00. The number of carbonyl (C=O) groups excluding carboxylic acids is 1. The van der Waals surface area contributed by atoms with E-state index in [0.29, 0.717) is 11.3 Å². The van der Waals surface area contributed by atoms with Gasteiger partial charge in [-0.15, -0.1) is 0 Å². The summed E-state index contributed by atoms with van der Waals surface area (Å²) >= 11 is 5.77. The molecule has 1 heterocycles. The molecule has 30 heavy (non-hydrogen) atoms. The summed E-state index contributed by atoms with van der Waals surface area (Å²) in [4.78, 5) is 22.6. The lowest BCUT2D eigenvalue weighted by molar-refractivity contribution is -0.384. The molecule has 0 bridgehead atoms. The number of nitrogens with zero attached hydrogens (tertiary/aromatic N) is 3. The minimum Gasteiger partial charge on any atom is -0.272 e. The van der Waals surface area contributed by atoms with Crippen molar-refractivity contribution in [2.24, 2.45) is 5.10 Å². The molecule has 0 aliphatic heterocycles. The fourth-order valence-electron chi connectivity index (χ4n) is 2.91. The topological polar surface area (TPSA) is 113 Å². The van der Waals surface area contributed by atoms with Crippen LogP contribution in [-0.2, 0) is 0 Å². The summed E-state index contributed by atoms with van der Waals surface area (Å²) in [5.74, 6) is -0.491. The molecule has 8 nitrogen and oxygen atoms in total. The van der Waals surface area contributed by atoms with Crippen LogP contribution >= 0.6 is 11.6 Å². The molecule has 0 saturated heterocycles. The van der Waals surface area contributed by atoms with Gasteiger partial charge in [-0.3, -0.25) is 20.0 Å². The van der Waals surface area contributed by atoms with E-state index in [1.807, 2.05) is 42.5 Å². The zero-order chi connectivity index (χ0) is 21.1. The number of nitro groups is 1. The molecule has 0 spiro atoms. The van der Waals surface area contributed by atoms with Gasteiger partial charge in [0.1, 0.15) is 10.7 Å². The van der Waals surface area contributed by atoms with Crippen LogP contribution in [0.2, 0.25) is 5.02 Å². The minimum absolute atomic E-state index is 0.0277. The Balaban J connectivity index is 1.47. The van der Waals surface area contributed by atoms with E-state index in [4.69, 9.17) is 11.6 Å². The van der Waals surface area contributed by atoms with Crippen molar-refractivity contribution in [3.8, 4) is 11.3 Å². The first-order valence-corrected chi connectivity index (χ1v) is 9.21. The minimum atomic E-state index is -0.586. The maximum atomic E-state index is 12.3. The van der Waals surface area contributed by atoms with Crippen LogP contribution in [0.3, 0.4) is 0 Å². The Hall–Kier alpha value is -4.04. The van der Waals surface area contributed by atoms with Crippen LogP contribution in [0.5, 0.6) is 0 Å². The van der Waals surface area contributed by atoms with Crippen LogP contribution in [0.1, 0.15) is 16.1 Å². The van der Waals surface area contributed by atoms with Gasteiger partial charge >= 0.3 is 0 Å². The molecule has 0 unspecified atom stereocenters.